The number of amides is 2. The molecule has 206 valence electrons. The quantitative estimate of drug-likeness (QED) is 0.435. The summed E-state index contributed by atoms with van der Waals surface area (Å²) in [5.74, 6) is -4.20. The predicted octanol–water partition coefficient (Wildman–Crippen LogP) is 2.30. The fraction of sp³-hybridized carbons (Fsp3) is 0.385. The maximum Gasteiger partial charge on any atom is 0.282 e. The van der Waals surface area contributed by atoms with Crippen LogP contribution in [0.2, 0.25) is 0 Å². The third-order valence-corrected chi connectivity index (χ3v) is 7.41. The van der Waals surface area contributed by atoms with E-state index >= 15 is 0 Å². The lowest BCUT2D eigenvalue weighted by molar-refractivity contribution is -0.113. The monoisotopic (exact) mass is 558 g/mol. The first-order valence-electron chi connectivity index (χ1n) is 12.4. The zero-order valence-corrected chi connectivity index (χ0v) is 22.3. The number of alkyl halides is 2. The van der Waals surface area contributed by atoms with Crippen LogP contribution in [-0.2, 0) is 27.5 Å². The first-order chi connectivity index (χ1) is 18.4. The number of halogens is 2. The maximum absolute atomic E-state index is 13.3. The molecule has 0 saturated carbocycles. The highest BCUT2D eigenvalue weighted by molar-refractivity contribution is 7.91. The van der Waals surface area contributed by atoms with Gasteiger partial charge in [0.2, 0.25) is 5.91 Å². The standard InChI is InChI=1S/C26H28F2N6O4S/c1-16-6-9-21(29-12-16)34-24(31-22(35)13-39(2,37)38)23-20(32-34)11-18(30-25(23)36)8-7-17-4-3-5-19(10-17)33-14-26(27,28)15-33/h3-6,9-10,12,18H,7-8,11,13-15H2,1-2H3,(H,30,36)(H,31,35)/t18-/m0/s1. The van der Waals surface area contributed by atoms with E-state index in [4.69, 9.17) is 0 Å². The Morgan fingerprint density at radius 1 is 1.23 bits per heavy atom. The first kappa shape index (κ1) is 26.7. The van der Waals surface area contributed by atoms with Crippen LogP contribution in [0.4, 0.5) is 20.3 Å². The number of hydrogen-bond acceptors (Lipinski definition) is 7. The number of benzene rings is 1. The lowest BCUT2D eigenvalue weighted by Crippen LogP contribution is -2.56. The van der Waals surface area contributed by atoms with Gasteiger partial charge in [-0.05, 0) is 49.1 Å². The fourth-order valence-corrected chi connectivity index (χ4v) is 5.33. The van der Waals surface area contributed by atoms with Crippen molar-refractivity contribution in [2.24, 2.45) is 0 Å². The van der Waals surface area contributed by atoms with Gasteiger partial charge in [0.05, 0.1) is 18.8 Å². The van der Waals surface area contributed by atoms with Crippen LogP contribution in [-0.4, -0.2) is 72.1 Å². The van der Waals surface area contributed by atoms with Crippen molar-refractivity contribution in [3.05, 3.63) is 65.0 Å². The number of rotatable bonds is 8. The van der Waals surface area contributed by atoms with Crippen LogP contribution in [0, 0.1) is 6.92 Å². The molecule has 13 heteroatoms. The van der Waals surface area contributed by atoms with Crippen molar-refractivity contribution in [1.82, 2.24) is 20.1 Å². The second kappa shape index (κ2) is 10.0. The van der Waals surface area contributed by atoms with Crippen molar-refractivity contribution >= 4 is 33.2 Å². The van der Waals surface area contributed by atoms with Crippen LogP contribution < -0.4 is 15.5 Å². The van der Waals surface area contributed by atoms with Crippen LogP contribution >= 0.6 is 0 Å². The first-order valence-corrected chi connectivity index (χ1v) is 14.5. The van der Waals surface area contributed by atoms with Crippen LogP contribution in [0.3, 0.4) is 0 Å². The van der Waals surface area contributed by atoms with Crippen molar-refractivity contribution in [3.63, 3.8) is 0 Å². The number of aromatic nitrogens is 3. The molecule has 4 heterocycles. The lowest BCUT2D eigenvalue weighted by atomic mass is 9.96. The molecule has 0 unspecified atom stereocenters. The number of nitrogens with one attached hydrogen (secondary N) is 2. The Bertz CT molecular complexity index is 1530. The summed E-state index contributed by atoms with van der Waals surface area (Å²) in [6.45, 7) is 1.28. The molecule has 1 aromatic carbocycles. The highest BCUT2D eigenvalue weighted by Crippen LogP contribution is 2.33. The van der Waals surface area contributed by atoms with Crippen LogP contribution in [0.5, 0.6) is 0 Å². The molecule has 0 aliphatic carbocycles. The van der Waals surface area contributed by atoms with E-state index in [1.165, 1.54) is 4.68 Å². The number of fused-ring (bicyclic) bond motifs is 1. The molecule has 10 nitrogen and oxygen atoms in total. The third-order valence-electron chi connectivity index (χ3n) is 6.63. The van der Waals surface area contributed by atoms with Crippen molar-refractivity contribution in [2.75, 3.05) is 35.3 Å². The predicted molar refractivity (Wildman–Crippen MR) is 141 cm³/mol. The number of aryl methyl sites for hydroxylation is 2. The summed E-state index contributed by atoms with van der Waals surface area (Å²) >= 11 is 0. The molecule has 0 radical (unpaired) electrons. The molecule has 1 fully saturated rings. The highest BCUT2D eigenvalue weighted by atomic mass is 32.2. The van der Waals surface area contributed by atoms with Gasteiger partial charge in [-0.3, -0.25) is 9.59 Å². The van der Waals surface area contributed by atoms with E-state index in [1.54, 1.807) is 23.2 Å². The molecule has 2 N–H and O–H groups in total. The zero-order chi connectivity index (χ0) is 27.9. The topological polar surface area (TPSA) is 126 Å². The Balaban J connectivity index is 1.35. The summed E-state index contributed by atoms with van der Waals surface area (Å²) < 4.78 is 51.2. The van der Waals surface area contributed by atoms with Gasteiger partial charge in [0.1, 0.15) is 11.3 Å². The van der Waals surface area contributed by atoms with Gasteiger partial charge in [-0.25, -0.2) is 22.2 Å². The van der Waals surface area contributed by atoms with E-state index < -0.39 is 33.3 Å². The summed E-state index contributed by atoms with van der Waals surface area (Å²) in [5, 5.41) is 10.1. The van der Waals surface area contributed by atoms with Crippen LogP contribution in [0.1, 0.15) is 33.6 Å². The normalized spacial score (nSPS) is 18.2. The van der Waals surface area contributed by atoms with Gasteiger partial charge in [0.25, 0.3) is 11.8 Å². The largest absolute Gasteiger partial charge is 0.359 e. The summed E-state index contributed by atoms with van der Waals surface area (Å²) in [4.78, 5) is 31.7. The number of anilines is 2. The second-order valence-corrected chi connectivity index (χ2v) is 12.3. The summed E-state index contributed by atoms with van der Waals surface area (Å²) in [6, 6.07) is 10.7. The van der Waals surface area contributed by atoms with Crippen molar-refractivity contribution < 1.29 is 26.8 Å². The van der Waals surface area contributed by atoms with E-state index in [0.717, 1.165) is 23.1 Å². The second-order valence-electron chi connectivity index (χ2n) is 10.2. The van der Waals surface area contributed by atoms with Gasteiger partial charge in [-0.1, -0.05) is 18.2 Å². The van der Waals surface area contributed by atoms with Gasteiger partial charge in [0.15, 0.2) is 21.5 Å². The van der Waals surface area contributed by atoms with E-state index in [0.29, 0.717) is 30.8 Å². The Labute approximate surface area is 224 Å². The van der Waals surface area contributed by atoms with Crippen LogP contribution in [0.15, 0.2) is 42.6 Å². The maximum atomic E-state index is 13.3. The molecule has 0 spiro atoms. The SMILES string of the molecule is Cc1ccc(-n2nc3c(c2NC(=O)CS(C)(=O)=O)C(=O)N[C@@H](CCc2cccc(N4CC(F)(F)C4)c2)C3)nc1. The average molecular weight is 559 g/mol. The molecule has 5 rings (SSSR count). The molecule has 3 aromatic rings. The van der Waals surface area contributed by atoms with E-state index in [9.17, 15) is 26.8 Å². The van der Waals surface area contributed by atoms with Crippen molar-refractivity contribution in [2.45, 2.75) is 38.2 Å². The number of carbonyl (C=O) groups is 2. The Kier molecular flexibility index (Phi) is 6.87. The van der Waals surface area contributed by atoms with E-state index in [2.05, 4.69) is 20.7 Å². The van der Waals surface area contributed by atoms with Gasteiger partial charge in [-0.15, -0.1) is 0 Å². The molecule has 1 atom stereocenters. The van der Waals surface area contributed by atoms with Crippen molar-refractivity contribution in [1.29, 1.82) is 0 Å². The summed E-state index contributed by atoms with van der Waals surface area (Å²) in [6.07, 6.45) is 4.14. The molecule has 2 aromatic heterocycles. The Morgan fingerprint density at radius 2 is 2.00 bits per heavy atom. The number of nitrogens with zero attached hydrogens (tertiary/aromatic N) is 4. The third kappa shape index (κ3) is 6.08. The molecule has 2 aliphatic heterocycles. The number of hydrogen-bond donors (Lipinski definition) is 2. The molecule has 0 bridgehead atoms. The fourth-order valence-electron chi connectivity index (χ4n) is 4.78. The lowest BCUT2D eigenvalue weighted by Gasteiger charge is -2.40. The highest BCUT2D eigenvalue weighted by Gasteiger charge is 2.44. The number of carbonyl (C=O) groups excluding carboxylic acids is 2. The van der Waals surface area contributed by atoms with Crippen LogP contribution in [0.25, 0.3) is 5.82 Å². The zero-order valence-electron chi connectivity index (χ0n) is 21.4. The molecule has 1 saturated heterocycles. The number of pyridine rings is 1. The number of sulfone groups is 1. The smallest absolute Gasteiger partial charge is 0.282 e. The average Bonchev–Trinajstić information content (AvgIpc) is 3.19. The summed E-state index contributed by atoms with van der Waals surface area (Å²) in [5.41, 5.74) is 3.23. The van der Waals surface area contributed by atoms with Gasteiger partial charge in [-0.2, -0.15) is 9.78 Å². The minimum Gasteiger partial charge on any atom is -0.359 e. The Hall–Kier alpha value is -3.87. The molecule has 2 aliphatic rings. The minimum atomic E-state index is -3.60. The Morgan fingerprint density at radius 3 is 2.67 bits per heavy atom. The van der Waals surface area contributed by atoms with E-state index in [-0.39, 0.29) is 30.5 Å². The summed E-state index contributed by atoms with van der Waals surface area (Å²) in [7, 11) is -3.60. The molecular formula is C26H28F2N6O4S. The molecular weight excluding hydrogens is 530 g/mol. The molecule has 2 amide bonds. The van der Waals surface area contributed by atoms with Gasteiger partial charge >= 0.3 is 0 Å². The molecule has 39 heavy (non-hydrogen) atoms. The van der Waals surface area contributed by atoms with Crippen molar-refractivity contribution in [3.8, 4) is 5.82 Å². The minimum absolute atomic E-state index is 0.0602. The van der Waals surface area contributed by atoms with E-state index in [1.807, 2.05) is 31.2 Å². The van der Waals surface area contributed by atoms with Gasteiger partial charge in [0, 0.05) is 30.6 Å². The van der Waals surface area contributed by atoms with Gasteiger partial charge < -0.3 is 15.5 Å².